The number of carboxylic acid groups (broad SMARTS) is 1. The second-order valence-corrected chi connectivity index (χ2v) is 7.18. The minimum atomic E-state index is -1.06. The van der Waals surface area contributed by atoms with E-state index in [4.69, 9.17) is 5.11 Å². The van der Waals surface area contributed by atoms with Crippen molar-refractivity contribution in [3.63, 3.8) is 0 Å². The minimum Gasteiger partial charge on any atom is -0.481 e. The maximum atomic E-state index is 14.2. The van der Waals surface area contributed by atoms with Crippen LogP contribution in [0.1, 0.15) is 17.8 Å². The molecule has 29 heavy (non-hydrogen) atoms. The van der Waals surface area contributed by atoms with Gasteiger partial charge in [0.15, 0.2) is 5.16 Å². The van der Waals surface area contributed by atoms with Gasteiger partial charge in [0.2, 0.25) is 0 Å². The van der Waals surface area contributed by atoms with Crippen LogP contribution in [0.3, 0.4) is 0 Å². The van der Waals surface area contributed by atoms with Crippen molar-refractivity contribution in [3.8, 4) is 0 Å². The van der Waals surface area contributed by atoms with Gasteiger partial charge in [0.1, 0.15) is 16.4 Å². The summed E-state index contributed by atoms with van der Waals surface area (Å²) in [7, 11) is 0. The molecular formula is C19H17FN4O4S. The number of aliphatic carboxylic acids is 1. The number of imide groups is 1. The first-order chi connectivity index (χ1) is 13.8. The molecule has 0 unspecified atom stereocenters. The van der Waals surface area contributed by atoms with Crippen molar-refractivity contribution in [2.45, 2.75) is 25.4 Å². The summed E-state index contributed by atoms with van der Waals surface area (Å²) in [4.78, 5) is 45.9. The zero-order chi connectivity index (χ0) is 21.1. The average molecular weight is 416 g/mol. The Bertz CT molecular complexity index is 1020. The molecule has 10 heteroatoms. The standard InChI is InChI=1S/C19H17FN4O4S/c1-10-9-11(2)23-19(22-10)29-16-15(21-8-7-14(25)26)17(27)24(18(16)28)13-6-4-3-5-12(13)20/h3-6,9,21H,7-8H2,1-2H3,(H,25,26). The first-order valence-electron chi connectivity index (χ1n) is 8.61. The Kier molecular flexibility index (Phi) is 5.92. The van der Waals surface area contributed by atoms with Gasteiger partial charge in [-0.1, -0.05) is 12.1 Å². The Morgan fingerprint density at radius 3 is 2.45 bits per heavy atom. The Labute approximate surface area is 169 Å². The van der Waals surface area contributed by atoms with Crippen LogP contribution in [0.2, 0.25) is 0 Å². The van der Waals surface area contributed by atoms with Gasteiger partial charge in [-0.15, -0.1) is 0 Å². The van der Waals surface area contributed by atoms with Crippen LogP contribution in [-0.4, -0.2) is 39.4 Å². The van der Waals surface area contributed by atoms with Crippen LogP contribution in [0.15, 0.2) is 46.1 Å². The van der Waals surface area contributed by atoms with Crippen molar-refractivity contribution in [1.29, 1.82) is 0 Å². The Hall–Kier alpha value is -3.27. The largest absolute Gasteiger partial charge is 0.481 e. The third-order valence-electron chi connectivity index (χ3n) is 3.93. The quantitative estimate of drug-likeness (QED) is 0.522. The molecular weight excluding hydrogens is 399 g/mol. The van der Waals surface area contributed by atoms with E-state index in [0.29, 0.717) is 11.4 Å². The molecule has 1 aliphatic heterocycles. The van der Waals surface area contributed by atoms with Gasteiger partial charge in [0, 0.05) is 17.9 Å². The van der Waals surface area contributed by atoms with Crippen LogP contribution in [0.25, 0.3) is 0 Å². The van der Waals surface area contributed by atoms with E-state index in [0.717, 1.165) is 22.7 Å². The lowest BCUT2D eigenvalue weighted by Gasteiger charge is -2.15. The number of carboxylic acids is 1. The molecule has 2 heterocycles. The number of para-hydroxylation sites is 1. The van der Waals surface area contributed by atoms with E-state index < -0.39 is 23.6 Å². The third kappa shape index (κ3) is 4.43. The van der Waals surface area contributed by atoms with Crippen LogP contribution in [0, 0.1) is 19.7 Å². The Morgan fingerprint density at radius 1 is 1.17 bits per heavy atom. The minimum absolute atomic E-state index is 0.0198. The van der Waals surface area contributed by atoms with E-state index in [2.05, 4.69) is 15.3 Å². The van der Waals surface area contributed by atoms with Gasteiger partial charge >= 0.3 is 5.97 Å². The number of halogens is 1. The van der Waals surface area contributed by atoms with E-state index in [1.165, 1.54) is 18.2 Å². The van der Waals surface area contributed by atoms with Crippen molar-refractivity contribution >= 4 is 35.2 Å². The number of nitrogens with one attached hydrogen (secondary N) is 1. The fraction of sp³-hybridized carbons (Fsp3) is 0.211. The van der Waals surface area contributed by atoms with Crippen molar-refractivity contribution in [2.24, 2.45) is 0 Å². The number of carbonyl (C=O) groups excluding carboxylic acids is 2. The number of rotatable bonds is 7. The molecule has 0 aliphatic carbocycles. The molecule has 0 spiro atoms. The first kappa shape index (κ1) is 20.5. The third-order valence-corrected chi connectivity index (χ3v) is 4.88. The van der Waals surface area contributed by atoms with Crippen LogP contribution in [0.4, 0.5) is 10.1 Å². The highest BCUT2D eigenvalue weighted by Crippen LogP contribution is 2.36. The molecule has 0 bridgehead atoms. The summed E-state index contributed by atoms with van der Waals surface area (Å²) in [6.45, 7) is 3.46. The van der Waals surface area contributed by atoms with Crippen molar-refractivity contribution < 1.29 is 23.9 Å². The summed E-state index contributed by atoms with van der Waals surface area (Å²) in [6, 6.07) is 7.18. The van der Waals surface area contributed by atoms with Gasteiger partial charge < -0.3 is 10.4 Å². The molecule has 0 fully saturated rings. The number of hydrogen-bond acceptors (Lipinski definition) is 7. The highest BCUT2D eigenvalue weighted by atomic mass is 32.2. The monoisotopic (exact) mass is 416 g/mol. The molecule has 2 aromatic rings. The average Bonchev–Trinajstić information content (AvgIpc) is 2.85. The summed E-state index contributed by atoms with van der Waals surface area (Å²) < 4.78 is 14.2. The molecule has 1 aromatic carbocycles. The summed E-state index contributed by atoms with van der Waals surface area (Å²) >= 11 is 0.876. The lowest BCUT2D eigenvalue weighted by atomic mass is 10.3. The SMILES string of the molecule is Cc1cc(C)nc(SC2=C(NCCC(=O)O)C(=O)N(c3ccccc3F)C2=O)n1. The van der Waals surface area contributed by atoms with Crippen LogP contribution >= 0.6 is 11.8 Å². The molecule has 1 aliphatic rings. The number of hydrogen-bond donors (Lipinski definition) is 2. The number of carbonyl (C=O) groups is 3. The van der Waals surface area contributed by atoms with E-state index in [1.807, 2.05) is 0 Å². The second-order valence-electron chi connectivity index (χ2n) is 6.21. The fourth-order valence-corrected chi connectivity index (χ4v) is 3.74. The molecule has 3 rings (SSSR count). The van der Waals surface area contributed by atoms with Gasteiger partial charge in [-0.05, 0) is 43.8 Å². The zero-order valence-electron chi connectivity index (χ0n) is 15.6. The van der Waals surface area contributed by atoms with Crippen LogP contribution in [-0.2, 0) is 14.4 Å². The van der Waals surface area contributed by atoms with E-state index in [-0.39, 0.29) is 34.4 Å². The van der Waals surface area contributed by atoms with Crippen molar-refractivity contribution in [2.75, 3.05) is 11.4 Å². The molecule has 8 nitrogen and oxygen atoms in total. The maximum Gasteiger partial charge on any atom is 0.305 e. The van der Waals surface area contributed by atoms with Gasteiger partial charge in [-0.3, -0.25) is 14.4 Å². The Balaban J connectivity index is 1.99. The lowest BCUT2D eigenvalue weighted by Crippen LogP contribution is -2.34. The predicted molar refractivity (Wildman–Crippen MR) is 104 cm³/mol. The van der Waals surface area contributed by atoms with E-state index in [9.17, 15) is 18.8 Å². The second kappa shape index (κ2) is 8.39. The topological polar surface area (TPSA) is 112 Å². The van der Waals surface area contributed by atoms with Gasteiger partial charge in [0.25, 0.3) is 11.8 Å². The summed E-state index contributed by atoms with van der Waals surface area (Å²) in [5.41, 5.74) is 1.08. The highest BCUT2D eigenvalue weighted by Gasteiger charge is 2.41. The smallest absolute Gasteiger partial charge is 0.305 e. The van der Waals surface area contributed by atoms with Gasteiger partial charge in [-0.2, -0.15) is 0 Å². The summed E-state index contributed by atoms with van der Waals surface area (Å²) in [6.07, 6.45) is -0.261. The number of aryl methyl sites for hydroxylation is 2. The van der Waals surface area contributed by atoms with Crippen LogP contribution in [0.5, 0.6) is 0 Å². The molecule has 1 aromatic heterocycles. The number of anilines is 1. The van der Waals surface area contributed by atoms with Crippen molar-refractivity contribution in [3.05, 3.63) is 58.1 Å². The number of benzene rings is 1. The molecule has 2 amide bonds. The lowest BCUT2D eigenvalue weighted by molar-refractivity contribution is -0.137. The normalized spacial score (nSPS) is 14.0. The van der Waals surface area contributed by atoms with Crippen LogP contribution < -0.4 is 10.2 Å². The number of amides is 2. The molecule has 150 valence electrons. The maximum absolute atomic E-state index is 14.2. The summed E-state index contributed by atoms with van der Waals surface area (Å²) in [5.74, 6) is -3.29. The Morgan fingerprint density at radius 2 is 1.83 bits per heavy atom. The number of thioether (sulfide) groups is 1. The summed E-state index contributed by atoms with van der Waals surface area (Å²) in [5, 5.41) is 11.8. The molecule has 0 radical (unpaired) electrons. The van der Waals surface area contributed by atoms with Gasteiger partial charge in [0.05, 0.1) is 12.1 Å². The number of nitrogens with zero attached hydrogens (tertiary/aromatic N) is 3. The molecule has 2 N–H and O–H groups in total. The molecule has 0 saturated heterocycles. The fourth-order valence-electron chi connectivity index (χ4n) is 2.74. The van der Waals surface area contributed by atoms with Gasteiger partial charge in [-0.25, -0.2) is 19.3 Å². The van der Waals surface area contributed by atoms with E-state index >= 15 is 0 Å². The first-order valence-corrected chi connectivity index (χ1v) is 9.43. The predicted octanol–water partition coefficient (Wildman–Crippen LogP) is 2.17. The van der Waals surface area contributed by atoms with Crippen molar-refractivity contribution in [1.82, 2.24) is 15.3 Å². The zero-order valence-corrected chi connectivity index (χ0v) is 16.4. The molecule has 0 atom stereocenters. The molecule has 0 saturated carbocycles. The van der Waals surface area contributed by atoms with E-state index in [1.54, 1.807) is 19.9 Å². The number of aromatic nitrogens is 2. The highest BCUT2D eigenvalue weighted by molar-refractivity contribution is 8.04.